The molecule has 35 heavy (non-hydrogen) atoms. The summed E-state index contributed by atoms with van der Waals surface area (Å²) in [6.07, 6.45) is 0. The summed E-state index contributed by atoms with van der Waals surface area (Å²) in [5.74, 6) is -0.335. The first-order valence-corrected chi connectivity index (χ1v) is 12.4. The van der Waals surface area contributed by atoms with Gasteiger partial charge in [0.15, 0.2) is 0 Å². The number of hydrogen-bond donors (Lipinski definition) is 1. The van der Waals surface area contributed by atoms with Gasteiger partial charge in [-0.3, -0.25) is 4.72 Å². The van der Waals surface area contributed by atoms with E-state index in [0.29, 0.717) is 22.4 Å². The third-order valence-corrected chi connectivity index (χ3v) is 7.07. The second-order valence-electron chi connectivity index (χ2n) is 7.96. The summed E-state index contributed by atoms with van der Waals surface area (Å²) in [6.45, 7) is 5.58. The normalized spacial score (nSPS) is 11.5. The Morgan fingerprint density at radius 2 is 1.69 bits per heavy atom. The molecule has 1 aromatic heterocycles. The fourth-order valence-electron chi connectivity index (χ4n) is 4.14. The van der Waals surface area contributed by atoms with Crippen molar-refractivity contribution in [3.05, 3.63) is 83.3 Å². The van der Waals surface area contributed by atoms with E-state index in [2.05, 4.69) is 4.72 Å². The largest absolute Gasteiger partial charge is 0.497 e. The maximum Gasteiger partial charge on any atom is 0.340 e. The zero-order valence-corrected chi connectivity index (χ0v) is 20.6. The Morgan fingerprint density at radius 3 is 2.29 bits per heavy atom. The molecule has 182 valence electrons. The number of aryl methyl sites for hydroxylation is 1. The quantitative estimate of drug-likeness (QED) is 0.348. The van der Waals surface area contributed by atoms with Gasteiger partial charge in [0.25, 0.3) is 10.0 Å². The molecule has 4 rings (SSSR count). The highest BCUT2D eigenvalue weighted by molar-refractivity contribution is 7.92. The topological polar surface area (TPSA) is 86.6 Å². The molecule has 0 amide bonds. The van der Waals surface area contributed by atoms with Crippen LogP contribution < -0.4 is 9.46 Å². The van der Waals surface area contributed by atoms with Crippen LogP contribution in [-0.2, 0) is 14.8 Å². The molecule has 0 atom stereocenters. The monoisotopic (exact) mass is 496 g/mol. The van der Waals surface area contributed by atoms with Gasteiger partial charge in [0.2, 0.25) is 0 Å². The fourth-order valence-corrected chi connectivity index (χ4v) is 5.18. The summed E-state index contributed by atoms with van der Waals surface area (Å²) in [4.78, 5) is 12.9. The SMILES string of the molecule is CCOC(=O)c1c(C)n(-c2ccc(OC)cc2)c2c(C)cc(NS(=O)(=O)c3ccc(F)cc3)cc12. The van der Waals surface area contributed by atoms with Crippen molar-refractivity contribution in [1.29, 1.82) is 0 Å². The average molecular weight is 497 g/mol. The minimum Gasteiger partial charge on any atom is -0.497 e. The van der Waals surface area contributed by atoms with Crippen molar-refractivity contribution in [2.75, 3.05) is 18.4 Å². The van der Waals surface area contributed by atoms with Crippen molar-refractivity contribution < 1.29 is 27.1 Å². The highest BCUT2D eigenvalue weighted by Crippen LogP contribution is 2.35. The summed E-state index contributed by atoms with van der Waals surface area (Å²) < 4.78 is 54.1. The molecule has 9 heteroatoms. The molecule has 0 aliphatic carbocycles. The number of halogens is 1. The van der Waals surface area contributed by atoms with E-state index >= 15 is 0 Å². The fraction of sp³-hybridized carbons (Fsp3) is 0.192. The van der Waals surface area contributed by atoms with E-state index < -0.39 is 21.8 Å². The van der Waals surface area contributed by atoms with Crippen LogP contribution in [0.3, 0.4) is 0 Å². The minimum absolute atomic E-state index is 0.0748. The zero-order valence-electron chi connectivity index (χ0n) is 19.8. The van der Waals surface area contributed by atoms with E-state index in [4.69, 9.17) is 9.47 Å². The van der Waals surface area contributed by atoms with E-state index in [1.165, 1.54) is 12.1 Å². The van der Waals surface area contributed by atoms with Gasteiger partial charge in [0.1, 0.15) is 11.6 Å². The predicted molar refractivity (Wildman–Crippen MR) is 132 cm³/mol. The van der Waals surface area contributed by atoms with Gasteiger partial charge in [-0.2, -0.15) is 0 Å². The van der Waals surface area contributed by atoms with Crippen molar-refractivity contribution in [2.45, 2.75) is 25.7 Å². The lowest BCUT2D eigenvalue weighted by Gasteiger charge is -2.13. The van der Waals surface area contributed by atoms with E-state index in [0.717, 1.165) is 28.9 Å². The maximum absolute atomic E-state index is 13.3. The van der Waals surface area contributed by atoms with Gasteiger partial charge in [0.05, 0.1) is 29.7 Å². The van der Waals surface area contributed by atoms with Crippen LogP contribution in [0.5, 0.6) is 5.75 Å². The number of hydrogen-bond acceptors (Lipinski definition) is 5. The molecule has 1 heterocycles. The molecule has 0 spiro atoms. The van der Waals surface area contributed by atoms with Gasteiger partial charge >= 0.3 is 5.97 Å². The number of carbonyl (C=O) groups excluding carboxylic acids is 1. The lowest BCUT2D eigenvalue weighted by Crippen LogP contribution is -2.13. The van der Waals surface area contributed by atoms with Crippen molar-refractivity contribution in [3.8, 4) is 11.4 Å². The summed E-state index contributed by atoms with van der Waals surface area (Å²) >= 11 is 0. The van der Waals surface area contributed by atoms with E-state index in [1.54, 1.807) is 26.2 Å². The van der Waals surface area contributed by atoms with Gasteiger partial charge in [-0.1, -0.05) is 0 Å². The Labute approximate surface area is 203 Å². The maximum atomic E-state index is 13.3. The highest BCUT2D eigenvalue weighted by atomic mass is 32.2. The molecule has 0 saturated heterocycles. The van der Waals surface area contributed by atoms with Crippen molar-refractivity contribution in [1.82, 2.24) is 4.57 Å². The first-order valence-electron chi connectivity index (χ1n) is 10.9. The molecular weight excluding hydrogens is 471 g/mol. The number of carbonyl (C=O) groups is 1. The summed E-state index contributed by atoms with van der Waals surface area (Å²) in [5, 5.41) is 0.550. The van der Waals surface area contributed by atoms with Crippen molar-refractivity contribution >= 4 is 32.6 Å². The van der Waals surface area contributed by atoms with Crippen LogP contribution in [0.1, 0.15) is 28.5 Å². The molecule has 0 aliphatic heterocycles. The lowest BCUT2D eigenvalue weighted by atomic mass is 10.1. The Bertz CT molecular complexity index is 1510. The highest BCUT2D eigenvalue weighted by Gasteiger charge is 2.25. The second kappa shape index (κ2) is 9.42. The lowest BCUT2D eigenvalue weighted by molar-refractivity contribution is 0.0527. The molecule has 7 nitrogen and oxygen atoms in total. The van der Waals surface area contributed by atoms with Crippen LogP contribution in [0, 0.1) is 19.7 Å². The third kappa shape index (κ3) is 4.59. The van der Waals surface area contributed by atoms with Gasteiger partial charge in [-0.15, -0.1) is 0 Å². The van der Waals surface area contributed by atoms with E-state index in [1.807, 2.05) is 42.7 Å². The minimum atomic E-state index is -3.98. The summed E-state index contributed by atoms with van der Waals surface area (Å²) in [6, 6.07) is 15.3. The van der Waals surface area contributed by atoms with Crippen LogP contribution in [0.4, 0.5) is 10.1 Å². The number of rotatable bonds is 7. The molecule has 0 unspecified atom stereocenters. The average Bonchev–Trinajstić information content (AvgIpc) is 3.11. The third-order valence-electron chi connectivity index (χ3n) is 5.68. The van der Waals surface area contributed by atoms with Crippen LogP contribution in [0.25, 0.3) is 16.6 Å². The number of aromatic nitrogens is 1. The molecule has 0 bridgehead atoms. The number of nitrogens with one attached hydrogen (secondary N) is 1. The molecule has 0 saturated carbocycles. The molecule has 0 fully saturated rings. The van der Waals surface area contributed by atoms with Gasteiger partial charge in [-0.05, 0) is 87.0 Å². The van der Waals surface area contributed by atoms with Crippen molar-refractivity contribution in [3.63, 3.8) is 0 Å². The van der Waals surface area contributed by atoms with Crippen LogP contribution in [0.15, 0.2) is 65.6 Å². The van der Waals surface area contributed by atoms with Crippen LogP contribution in [0.2, 0.25) is 0 Å². The number of esters is 1. The van der Waals surface area contributed by atoms with Gasteiger partial charge < -0.3 is 14.0 Å². The molecule has 1 N–H and O–H groups in total. The molecule has 3 aromatic carbocycles. The number of benzene rings is 3. The molecule has 4 aromatic rings. The number of sulfonamides is 1. The molecule has 0 aliphatic rings. The number of ether oxygens (including phenoxy) is 2. The smallest absolute Gasteiger partial charge is 0.340 e. The molecule has 0 radical (unpaired) electrons. The zero-order chi connectivity index (χ0) is 25.3. The van der Waals surface area contributed by atoms with Crippen LogP contribution >= 0.6 is 0 Å². The Kier molecular flexibility index (Phi) is 6.53. The van der Waals surface area contributed by atoms with E-state index in [-0.39, 0.29) is 17.2 Å². The summed E-state index contributed by atoms with van der Waals surface area (Å²) in [7, 11) is -2.39. The first kappa shape index (κ1) is 24.3. The van der Waals surface area contributed by atoms with Gasteiger partial charge in [0, 0.05) is 22.5 Å². The van der Waals surface area contributed by atoms with E-state index in [9.17, 15) is 17.6 Å². The number of methoxy groups -OCH3 is 1. The second-order valence-corrected chi connectivity index (χ2v) is 9.65. The Morgan fingerprint density at radius 1 is 1.03 bits per heavy atom. The molecular formula is C26H25FN2O5S. The standard InChI is InChI=1S/C26H25FN2O5S/c1-5-34-26(30)24-17(3)29(20-8-10-21(33-4)11-9-20)25-16(2)14-19(15-23(24)25)28-35(31,32)22-12-6-18(27)7-13-22/h6-15,28H,5H2,1-4H3. The van der Waals surface area contributed by atoms with Crippen molar-refractivity contribution in [2.24, 2.45) is 0 Å². The number of nitrogens with zero attached hydrogens (tertiary/aromatic N) is 1. The predicted octanol–water partition coefficient (Wildman–Crippen LogP) is 5.37. The van der Waals surface area contributed by atoms with Crippen LogP contribution in [-0.4, -0.2) is 32.7 Å². The first-order chi connectivity index (χ1) is 16.7. The number of fused-ring (bicyclic) bond motifs is 1. The Balaban J connectivity index is 1.90. The Hall–Kier alpha value is -3.85. The van der Waals surface area contributed by atoms with Gasteiger partial charge in [-0.25, -0.2) is 17.6 Å². The number of anilines is 1. The summed E-state index contributed by atoms with van der Waals surface area (Å²) in [5.41, 5.74) is 3.59.